The Bertz CT molecular complexity index is 277. The molecule has 13 heavy (non-hydrogen) atoms. The number of esters is 1. The maximum Gasteiger partial charge on any atom is 0.338 e. The Hall–Kier alpha value is -1.35. The van der Waals surface area contributed by atoms with Crippen molar-refractivity contribution in [3.05, 3.63) is 35.4 Å². The van der Waals surface area contributed by atoms with Gasteiger partial charge in [-0.1, -0.05) is 17.7 Å². The third-order valence-corrected chi connectivity index (χ3v) is 1.61. The molecule has 70 valence electrons. The Morgan fingerprint density at radius 3 is 2.54 bits per heavy atom. The summed E-state index contributed by atoms with van der Waals surface area (Å²) in [5.74, 6) is -0.394. The average Bonchev–Trinajstić information content (AvgIpc) is 2.15. The molecule has 1 aromatic carbocycles. The van der Waals surface area contributed by atoms with E-state index in [0.29, 0.717) is 5.56 Å². The molecule has 0 unspecified atom stereocenters. The highest BCUT2D eigenvalue weighted by Gasteiger charge is 2.04. The second kappa shape index (κ2) is 4.62. The van der Waals surface area contributed by atoms with Crippen LogP contribution >= 0.6 is 0 Å². The van der Waals surface area contributed by atoms with E-state index in [0.717, 1.165) is 5.56 Å². The zero-order valence-electron chi connectivity index (χ0n) is 7.49. The van der Waals surface area contributed by atoms with Crippen LogP contribution in [0, 0.1) is 6.92 Å². The zero-order chi connectivity index (χ0) is 9.68. The Balaban J connectivity index is 2.61. The third kappa shape index (κ3) is 2.87. The molecule has 0 saturated carbocycles. The Morgan fingerprint density at radius 1 is 1.38 bits per heavy atom. The van der Waals surface area contributed by atoms with Crippen molar-refractivity contribution in [2.75, 3.05) is 13.2 Å². The molecule has 0 amide bonds. The molecule has 3 heteroatoms. The highest BCUT2D eigenvalue weighted by atomic mass is 16.5. The molecule has 0 heterocycles. The summed E-state index contributed by atoms with van der Waals surface area (Å²) in [5, 5.41) is 8.43. The van der Waals surface area contributed by atoms with Gasteiger partial charge in [-0.05, 0) is 19.1 Å². The number of aliphatic hydroxyl groups is 1. The lowest BCUT2D eigenvalue weighted by Crippen LogP contribution is -2.08. The fourth-order valence-corrected chi connectivity index (χ4v) is 0.911. The molecule has 0 aromatic heterocycles. The summed E-state index contributed by atoms with van der Waals surface area (Å²) in [6, 6.07) is 7.09. The van der Waals surface area contributed by atoms with E-state index in [4.69, 9.17) is 9.84 Å². The second-order valence-corrected chi connectivity index (χ2v) is 2.73. The molecule has 3 nitrogen and oxygen atoms in total. The SMILES string of the molecule is Cc1ccc(C(=O)OCCO)cc1. The summed E-state index contributed by atoms with van der Waals surface area (Å²) in [5.41, 5.74) is 1.61. The molecule has 0 bridgehead atoms. The summed E-state index contributed by atoms with van der Waals surface area (Å²) in [7, 11) is 0. The van der Waals surface area contributed by atoms with Gasteiger partial charge in [0.15, 0.2) is 0 Å². The maximum absolute atomic E-state index is 11.2. The number of carbonyl (C=O) groups is 1. The van der Waals surface area contributed by atoms with E-state index in [-0.39, 0.29) is 13.2 Å². The Labute approximate surface area is 77.0 Å². The molecule has 0 radical (unpaired) electrons. The minimum absolute atomic E-state index is 0.0483. The summed E-state index contributed by atoms with van der Waals surface area (Å²) >= 11 is 0. The largest absolute Gasteiger partial charge is 0.460 e. The normalized spacial score (nSPS) is 9.69. The quantitative estimate of drug-likeness (QED) is 0.709. The van der Waals surface area contributed by atoms with Crippen molar-refractivity contribution < 1.29 is 14.6 Å². The number of hydrogen-bond donors (Lipinski definition) is 1. The molecule has 0 spiro atoms. The number of ether oxygens (including phenoxy) is 1. The van der Waals surface area contributed by atoms with Gasteiger partial charge >= 0.3 is 5.97 Å². The molecule has 0 saturated heterocycles. The standard InChI is InChI=1S/C10H12O3/c1-8-2-4-9(5-3-8)10(12)13-7-6-11/h2-5,11H,6-7H2,1H3. The highest BCUT2D eigenvalue weighted by Crippen LogP contribution is 2.04. The van der Waals surface area contributed by atoms with E-state index in [2.05, 4.69) is 0 Å². The van der Waals surface area contributed by atoms with Gasteiger partial charge in [-0.3, -0.25) is 0 Å². The van der Waals surface area contributed by atoms with Crippen molar-refractivity contribution in [2.24, 2.45) is 0 Å². The van der Waals surface area contributed by atoms with Crippen molar-refractivity contribution in [2.45, 2.75) is 6.92 Å². The van der Waals surface area contributed by atoms with E-state index in [1.54, 1.807) is 12.1 Å². The lowest BCUT2D eigenvalue weighted by Gasteiger charge is -2.02. The van der Waals surface area contributed by atoms with E-state index in [1.807, 2.05) is 19.1 Å². The lowest BCUT2D eigenvalue weighted by atomic mass is 10.1. The van der Waals surface area contributed by atoms with Gasteiger partial charge in [-0.2, -0.15) is 0 Å². The zero-order valence-corrected chi connectivity index (χ0v) is 7.49. The predicted octanol–water partition coefficient (Wildman–Crippen LogP) is 1.14. The summed E-state index contributed by atoms with van der Waals surface area (Å²) in [4.78, 5) is 11.2. The maximum atomic E-state index is 11.2. The van der Waals surface area contributed by atoms with Crippen LogP contribution in [0.25, 0.3) is 0 Å². The van der Waals surface area contributed by atoms with Crippen LogP contribution in [-0.2, 0) is 4.74 Å². The number of benzene rings is 1. The predicted molar refractivity (Wildman–Crippen MR) is 48.5 cm³/mol. The molecule has 0 aliphatic rings. The minimum atomic E-state index is -0.394. The van der Waals surface area contributed by atoms with Gasteiger partial charge in [-0.25, -0.2) is 4.79 Å². The second-order valence-electron chi connectivity index (χ2n) is 2.73. The van der Waals surface area contributed by atoms with Crippen molar-refractivity contribution in [3.63, 3.8) is 0 Å². The Morgan fingerprint density at radius 2 is 2.00 bits per heavy atom. The van der Waals surface area contributed by atoms with Crippen molar-refractivity contribution >= 4 is 5.97 Å². The van der Waals surface area contributed by atoms with Crippen LogP contribution in [0.4, 0.5) is 0 Å². The van der Waals surface area contributed by atoms with E-state index in [1.165, 1.54) is 0 Å². The van der Waals surface area contributed by atoms with Crippen molar-refractivity contribution in [1.82, 2.24) is 0 Å². The van der Waals surface area contributed by atoms with E-state index >= 15 is 0 Å². The smallest absolute Gasteiger partial charge is 0.338 e. The summed E-state index contributed by atoms with van der Waals surface area (Å²) in [6.07, 6.45) is 0. The first-order valence-electron chi connectivity index (χ1n) is 4.08. The number of aliphatic hydroxyl groups excluding tert-OH is 1. The molecule has 0 atom stereocenters. The van der Waals surface area contributed by atoms with Gasteiger partial charge in [0.1, 0.15) is 6.61 Å². The molecule has 0 fully saturated rings. The van der Waals surface area contributed by atoms with E-state index < -0.39 is 5.97 Å². The molecule has 0 aliphatic heterocycles. The van der Waals surface area contributed by atoms with Gasteiger partial charge in [0, 0.05) is 0 Å². The first-order valence-corrected chi connectivity index (χ1v) is 4.08. The van der Waals surface area contributed by atoms with Crippen LogP contribution in [0.3, 0.4) is 0 Å². The number of rotatable bonds is 3. The number of aryl methyl sites for hydroxylation is 1. The van der Waals surface area contributed by atoms with Gasteiger partial charge in [-0.15, -0.1) is 0 Å². The topological polar surface area (TPSA) is 46.5 Å². The average molecular weight is 180 g/mol. The van der Waals surface area contributed by atoms with Gasteiger partial charge < -0.3 is 9.84 Å². The summed E-state index contributed by atoms with van der Waals surface area (Å²) < 4.78 is 4.73. The van der Waals surface area contributed by atoms with E-state index in [9.17, 15) is 4.79 Å². The summed E-state index contributed by atoms with van der Waals surface area (Å²) in [6.45, 7) is 1.85. The third-order valence-electron chi connectivity index (χ3n) is 1.61. The molecule has 0 aliphatic carbocycles. The fourth-order valence-electron chi connectivity index (χ4n) is 0.911. The molecule has 1 N–H and O–H groups in total. The first kappa shape index (κ1) is 9.74. The molecular weight excluding hydrogens is 168 g/mol. The van der Waals surface area contributed by atoms with Gasteiger partial charge in [0.25, 0.3) is 0 Å². The number of carbonyl (C=O) groups excluding carboxylic acids is 1. The van der Waals surface area contributed by atoms with Gasteiger partial charge in [0.2, 0.25) is 0 Å². The van der Waals surface area contributed by atoms with Crippen LogP contribution in [0.2, 0.25) is 0 Å². The van der Waals surface area contributed by atoms with Crippen LogP contribution in [0.5, 0.6) is 0 Å². The molecular formula is C10H12O3. The van der Waals surface area contributed by atoms with Crippen LogP contribution in [0.1, 0.15) is 15.9 Å². The highest BCUT2D eigenvalue weighted by molar-refractivity contribution is 5.89. The Kier molecular flexibility index (Phi) is 3.46. The lowest BCUT2D eigenvalue weighted by molar-refractivity contribution is 0.0434. The van der Waals surface area contributed by atoms with Crippen LogP contribution < -0.4 is 0 Å². The van der Waals surface area contributed by atoms with Crippen LogP contribution in [0.15, 0.2) is 24.3 Å². The fraction of sp³-hybridized carbons (Fsp3) is 0.300. The van der Waals surface area contributed by atoms with Crippen LogP contribution in [-0.4, -0.2) is 24.3 Å². The van der Waals surface area contributed by atoms with Crippen molar-refractivity contribution in [1.29, 1.82) is 0 Å². The monoisotopic (exact) mass is 180 g/mol. The van der Waals surface area contributed by atoms with Gasteiger partial charge in [0.05, 0.1) is 12.2 Å². The van der Waals surface area contributed by atoms with Crippen molar-refractivity contribution in [3.8, 4) is 0 Å². The molecule has 1 rings (SSSR count). The number of hydrogen-bond acceptors (Lipinski definition) is 3. The first-order chi connectivity index (χ1) is 6.24. The minimum Gasteiger partial charge on any atom is -0.460 e. The molecule has 1 aromatic rings.